The van der Waals surface area contributed by atoms with Gasteiger partial charge in [0.15, 0.2) is 13.3 Å². The van der Waals surface area contributed by atoms with Crippen LogP contribution in [0.3, 0.4) is 0 Å². The van der Waals surface area contributed by atoms with E-state index in [-0.39, 0.29) is 28.3 Å². The van der Waals surface area contributed by atoms with E-state index < -0.39 is 48.1 Å². The van der Waals surface area contributed by atoms with Gasteiger partial charge in [-0.25, -0.2) is 14.9 Å². The van der Waals surface area contributed by atoms with Crippen molar-refractivity contribution in [2.75, 3.05) is 6.61 Å². The van der Waals surface area contributed by atoms with Gasteiger partial charge in [-0.05, 0) is 25.1 Å². The number of aromatic nitrogens is 2. The summed E-state index contributed by atoms with van der Waals surface area (Å²) in [4.78, 5) is 51.1. The molecule has 1 fully saturated rings. The van der Waals surface area contributed by atoms with Crippen LogP contribution in [-0.2, 0) is 14.0 Å². The SMILES string of the molecule is Cc1cn([C@H]2C[C@H](O[N+](=O)[O-])[C@@H](CO[Si](C)(C)C(C)(C)C)O2)c(=O)n([N+](=O)[O-])c1=O. The van der Waals surface area contributed by atoms with Crippen molar-refractivity contribution in [3.63, 3.8) is 0 Å². The third-order valence-corrected chi connectivity index (χ3v) is 10.1. The molecule has 0 N–H and O–H groups in total. The molecule has 1 aliphatic rings. The third kappa shape index (κ3) is 4.76. The van der Waals surface area contributed by atoms with Crippen molar-refractivity contribution in [1.29, 1.82) is 0 Å². The number of aryl methyl sites for hydroxylation is 1. The van der Waals surface area contributed by atoms with E-state index in [4.69, 9.17) is 14.0 Å². The summed E-state index contributed by atoms with van der Waals surface area (Å²) in [6.07, 6.45) is -2.01. The van der Waals surface area contributed by atoms with Gasteiger partial charge >= 0.3 is 11.2 Å². The average Bonchev–Trinajstić information content (AvgIpc) is 2.97. The summed E-state index contributed by atoms with van der Waals surface area (Å²) in [7, 11) is -2.20. The Hall–Kier alpha value is -2.58. The quantitative estimate of drug-likeness (QED) is 0.341. The summed E-state index contributed by atoms with van der Waals surface area (Å²) in [5.41, 5.74) is -2.33. The van der Waals surface area contributed by atoms with Crippen LogP contribution in [0.25, 0.3) is 0 Å². The van der Waals surface area contributed by atoms with E-state index >= 15 is 0 Å². The second-order valence-electron chi connectivity index (χ2n) is 8.66. The Morgan fingerprint density at radius 2 is 1.87 bits per heavy atom. The van der Waals surface area contributed by atoms with E-state index in [1.807, 2.05) is 33.9 Å². The maximum atomic E-state index is 12.5. The highest BCUT2D eigenvalue weighted by atomic mass is 28.4. The molecule has 0 aliphatic carbocycles. The van der Waals surface area contributed by atoms with Crippen molar-refractivity contribution >= 4 is 8.32 Å². The zero-order chi connectivity index (χ0) is 23.0. The normalized spacial score (nSPS) is 22.1. The summed E-state index contributed by atoms with van der Waals surface area (Å²) >= 11 is 0. The maximum Gasteiger partial charge on any atom is 0.394 e. The van der Waals surface area contributed by atoms with Crippen molar-refractivity contribution in [2.24, 2.45) is 0 Å². The molecule has 0 radical (unpaired) electrons. The average molecular weight is 446 g/mol. The number of rotatable bonds is 7. The molecule has 30 heavy (non-hydrogen) atoms. The fourth-order valence-corrected chi connectivity index (χ4v) is 3.80. The zero-order valence-corrected chi connectivity index (χ0v) is 18.7. The molecule has 1 aromatic rings. The molecule has 1 aliphatic heterocycles. The minimum atomic E-state index is -2.20. The van der Waals surface area contributed by atoms with Crippen LogP contribution >= 0.6 is 0 Å². The molecule has 1 aromatic heterocycles. The number of hydrogen-bond donors (Lipinski definition) is 0. The van der Waals surface area contributed by atoms with Crippen molar-refractivity contribution in [1.82, 2.24) is 9.24 Å². The van der Waals surface area contributed by atoms with Crippen LogP contribution in [0.1, 0.15) is 39.0 Å². The zero-order valence-electron chi connectivity index (χ0n) is 17.7. The van der Waals surface area contributed by atoms with Crippen molar-refractivity contribution in [2.45, 2.75) is 70.7 Å². The Labute approximate surface area is 172 Å². The Morgan fingerprint density at radius 3 is 2.37 bits per heavy atom. The van der Waals surface area contributed by atoms with Gasteiger partial charge in [0, 0.05) is 22.9 Å². The minimum Gasteiger partial charge on any atom is -0.414 e. The molecule has 13 nitrogen and oxygen atoms in total. The first kappa shape index (κ1) is 23.7. The van der Waals surface area contributed by atoms with E-state index in [1.54, 1.807) is 0 Å². The summed E-state index contributed by atoms with van der Waals surface area (Å²) in [5, 5.41) is 19.8. The van der Waals surface area contributed by atoms with E-state index in [0.29, 0.717) is 0 Å². The standard InChI is InChI=1S/C16H26N4O9Si/c1-10-8-17(15(22)18(14(10)21)19(23)24)13-7-11(29-20(25)26)12(28-13)9-27-30(5,6)16(2,3)4/h8,11-13H,7,9H2,1-6H3/t11-,12+,13+/m0/s1. The fraction of sp³-hybridized carbons (Fsp3) is 0.750. The van der Waals surface area contributed by atoms with Crippen LogP contribution < -0.4 is 11.2 Å². The topological polar surface area (TPSA) is 158 Å². The second-order valence-corrected chi connectivity index (χ2v) is 13.5. The number of ether oxygens (including phenoxy) is 1. The first-order valence-electron chi connectivity index (χ1n) is 9.25. The minimum absolute atomic E-state index is 0.00585. The Morgan fingerprint density at radius 1 is 1.27 bits per heavy atom. The van der Waals surface area contributed by atoms with Crippen LogP contribution in [0.5, 0.6) is 0 Å². The molecule has 0 aromatic carbocycles. The predicted molar refractivity (Wildman–Crippen MR) is 106 cm³/mol. The van der Waals surface area contributed by atoms with Gasteiger partial charge in [0.2, 0.25) is 0 Å². The van der Waals surface area contributed by atoms with Gasteiger partial charge in [0.05, 0.1) is 6.61 Å². The second kappa shape index (κ2) is 8.27. The largest absolute Gasteiger partial charge is 0.414 e. The first-order valence-corrected chi connectivity index (χ1v) is 12.2. The number of nitrogens with zero attached hydrogens (tertiary/aromatic N) is 4. The van der Waals surface area contributed by atoms with E-state index in [2.05, 4.69) is 0 Å². The lowest BCUT2D eigenvalue weighted by Gasteiger charge is -2.37. The lowest BCUT2D eigenvalue weighted by molar-refractivity contribution is -0.769. The maximum absolute atomic E-state index is 12.5. The molecule has 1 saturated heterocycles. The predicted octanol–water partition coefficient (Wildman–Crippen LogP) is 1.24. The molecule has 2 heterocycles. The van der Waals surface area contributed by atoms with Crippen LogP contribution in [0.15, 0.2) is 15.8 Å². The van der Waals surface area contributed by atoms with Gasteiger partial charge in [0.1, 0.15) is 18.4 Å². The molecule has 0 spiro atoms. The summed E-state index contributed by atoms with van der Waals surface area (Å²) < 4.78 is 12.6. The molecule has 0 unspecified atom stereocenters. The highest BCUT2D eigenvalue weighted by Gasteiger charge is 2.43. The first-order chi connectivity index (χ1) is 13.7. The third-order valence-electron chi connectivity index (χ3n) is 5.55. The molecule has 3 atom stereocenters. The van der Waals surface area contributed by atoms with Gasteiger partial charge in [-0.3, -0.25) is 9.36 Å². The van der Waals surface area contributed by atoms with E-state index in [0.717, 1.165) is 10.8 Å². The van der Waals surface area contributed by atoms with Crippen LogP contribution in [0, 0.1) is 27.2 Å². The number of nitro groups is 1. The smallest absolute Gasteiger partial charge is 0.394 e. The van der Waals surface area contributed by atoms with E-state index in [9.17, 15) is 29.8 Å². The lowest BCUT2D eigenvalue weighted by Crippen LogP contribution is -2.45. The summed E-state index contributed by atoms with van der Waals surface area (Å²) in [6, 6.07) is 0. The Balaban J connectivity index is 2.35. The van der Waals surface area contributed by atoms with Crippen LogP contribution in [0.4, 0.5) is 0 Å². The molecular formula is C16H26N4O9Si. The van der Waals surface area contributed by atoms with Crippen molar-refractivity contribution < 1.29 is 24.1 Å². The molecule has 0 amide bonds. The van der Waals surface area contributed by atoms with Crippen molar-refractivity contribution in [3.05, 3.63) is 52.8 Å². The monoisotopic (exact) mass is 446 g/mol. The Kier molecular flexibility index (Phi) is 6.53. The van der Waals surface area contributed by atoms with Gasteiger partial charge < -0.3 is 14.0 Å². The Bertz CT molecular complexity index is 950. The highest BCUT2D eigenvalue weighted by molar-refractivity contribution is 6.74. The van der Waals surface area contributed by atoms with Crippen LogP contribution in [0.2, 0.25) is 18.1 Å². The molecule has 0 saturated carbocycles. The molecular weight excluding hydrogens is 420 g/mol. The van der Waals surface area contributed by atoms with Gasteiger partial charge in [-0.15, -0.1) is 10.1 Å². The van der Waals surface area contributed by atoms with Gasteiger partial charge in [0.25, 0.3) is 5.09 Å². The van der Waals surface area contributed by atoms with E-state index in [1.165, 1.54) is 6.92 Å². The molecule has 0 bridgehead atoms. The molecule has 168 valence electrons. The molecule has 14 heteroatoms. The lowest BCUT2D eigenvalue weighted by atomic mass is 10.2. The van der Waals surface area contributed by atoms with Crippen LogP contribution in [-0.4, -0.2) is 46.5 Å². The number of hydrogen-bond acceptors (Lipinski definition) is 9. The molecule has 2 rings (SSSR count). The highest BCUT2D eigenvalue weighted by Crippen LogP contribution is 2.38. The fourth-order valence-electron chi connectivity index (χ4n) is 2.78. The summed E-state index contributed by atoms with van der Waals surface area (Å²) in [6.45, 7) is 11.4. The van der Waals surface area contributed by atoms with Gasteiger partial charge in [-0.1, -0.05) is 20.8 Å². The van der Waals surface area contributed by atoms with Crippen molar-refractivity contribution in [3.8, 4) is 0 Å². The summed E-state index contributed by atoms with van der Waals surface area (Å²) in [5.74, 6) is 0. The van der Waals surface area contributed by atoms with Gasteiger partial charge in [-0.2, -0.15) is 0 Å².